The fourth-order valence-corrected chi connectivity index (χ4v) is 20.2. The molecule has 7 aliphatic heterocycles. The number of hydrogen-bond acceptors (Lipinski definition) is 36. The number of fused-ring (bicyclic) bond motifs is 7. The van der Waals surface area contributed by atoms with E-state index in [0.717, 1.165) is 5.57 Å². The van der Waals surface area contributed by atoms with Gasteiger partial charge in [-0.25, -0.2) is 0 Å². The molecule has 0 spiro atoms. The van der Waals surface area contributed by atoms with Crippen molar-refractivity contribution in [2.24, 2.45) is 50.2 Å². The Labute approximate surface area is 612 Å². The number of allylic oxidation sites excluding steroid dienone is 2. The van der Waals surface area contributed by atoms with Crippen molar-refractivity contribution in [2.45, 2.75) is 328 Å². The molecule has 4 saturated carbocycles. The summed E-state index contributed by atoms with van der Waals surface area (Å²) in [7, 11) is 0. The number of carbonyl (C=O) groups excluding carboxylic acids is 1. The normalized spacial score (nSPS) is 54.6. The first-order valence-electron chi connectivity index (χ1n) is 37.1. The van der Waals surface area contributed by atoms with Crippen molar-refractivity contribution in [1.29, 1.82) is 0 Å². The molecular weight excluding hydrogens is 1420 g/mol. The summed E-state index contributed by atoms with van der Waals surface area (Å²) in [5.41, 5.74) is -3.39. The lowest BCUT2D eigenvalue weighted by Gasteiger charge is -2.71. The highest BCUT2D eigenvalue weighted by Gasteiger charge is 2.72. The molecule has 36 heteroatoms. The van der Waals surface area contributed by atoms with Crippen molar-refractivity contribution in [3.8, 4) is 0 Å². The van der Waals surface area contributed by atoms with Gasteiger partial charge in [-0.1, -0.05) is 60.1 Å². The summed E-state index contributed by atoms with van der Waals surface area (Å²) < 4.78 is 84.3. The quantitative estimate of drug-likeness (QED) is 0.0344. The summed E-state index contributed by atoms with van der Waals surface area (Å²) in [6.45, 7) is 12.1. The summed E-state index contributed by atoms with van der Waals surface area (Å²) in [6.07, 6.45) is -53.3. The Balaban J connectivity index is 0.785. The van der Waals surface area contributed by atoms with Crippen molar-refractivity contribution in [3.05, 3.63) is 11.6 Å². The van der Waals surface area contributed by atoms with Crippen molar-refractivity contribution in [2.75, 3.05) is 39.6 Å². The van der Waals surface area contributed by atoms with Crippen LogP contribution in [0.1, 0.15) is 113 Å². The van der Waals surface area contributed by atoms with Gasteiger partial charge < -0.3 is 174 Å². The molecule has 21 N–H and O–H groups in total. The van der Waals surface area contributed by atoms with Crippen LogP contribution in [0.15, 0.2) is 11.6 Å². The number of esters is 1. The lowest BCUT2D eigenvalue weighted by Crippen LogP contribution is -2.67. The number of aliphatic hydroxyl groups is 21. The summed E-state index contributed by atoms with van der Waals surface area (Å²) >= 11 is 0. The van der Waals surface area contributed by atoms with Gasteiger partial charge in [0.15, 0.2) is 43.8 Å². The molecule has 12 aliphatic rings. The van der Waals surface area contributed by atoms with Gasteiger partial charge in [-0.2, -0.15) is 0 Å². The Morgan fingerprint density at radius 2 is 0.943 bits per heavy atom. The Hall–Kier alpha value is -2.15. The van der Waals surface area contributed by atoms with Crippen molar-refractivity contribution >= 4 is 5.97 Å². The van der Waals surface area contributed by atoms with Crippen LogP contribution in [0, 0.1) is 50.2 Å². The van der Waals surface area contributed by atoms with E-state index in [1.54, 1.807) is 0 Å². The first kappa shape index (κ1) is 83.3. The maximum atomic E-state index is 15.8. The fraction of sp³-hybridized carbons (Fsp3) is 0.957. The van der Waals surface area contributed by atoms with E-state index in [0.29, 0.717) is 44.9 Å². The minimum absolute atomic E-state index is 0.000351. The molecule has 0 bridgehead atoms. The van der Waals surface area contributed by atoms with E-state index in [-0.39, 0.29) is 24.7 Å². The zero-order valence-corrected chi connectivity index (χ0v) is 60.6. The Morgan fingerprint density at radius 1 is 0.453 bits per heavy atom. The fourth-order valence-electron chi connectivity index (χ4n) is 20.2. The van der Waals surface area contributed by atoms with Crippen LogP contribution in [0.5, 0.6) is 0 Å². The van der Waals surface area contributed by atoms with Crippen LogP contribution in [-0.2, 0) is 71.1 Å². The zero-order valence-electron chi connectivity index (χ0n) is 60.6. The maximum Gasteiger partial charge on any atom is 0.315 e. The van der Waals surface area contributed by atoms with Crippen LogP contribution in [0.25, 0.3) is 0 Å². The molecule has 12 rings (SSSR count). The van der Waals surface area contributed by atoms with Gasteiger partial charge in [-0.3, -0.25) is 4.79 Å². The second-order valence-electron chi connectivity index (χ2n) is 33.9. The molecule has 0 radical (unpaired) electrons. The summed E-state index contributed by atoms with van der Waals surface area (Å²) in [6, 6.07) is 0. The first-order chi connectivity index (χ1) is 49.7. The van der Waals surface area contributed by atoms with E-state index in [2.05, 4.69) is 40.7 Å². The largest absolute Gasteiger partial charge is 0.432 e. The molecule has 0 amide bonds. The number of ether oxygens (including phenoxy) is 14. The van der Waals surface area contributed by atoms with Crippen LogP contribution in [0.4, 0.5) is 0 Å². The van der Waals surface area contributed by atoms with Gasteiger partial charge in [-0.15, -0.1) is 0 Å². The van der Waals surface area contributed by atoms with Gasteiger partial charge >= 0.3 is 5.97 Å². The topological polar surface area (TPSA) is 571 Å². The highest BCUT2D eigenvalue weighted by molar-refractivity contribution is 5.79. The molecule has 0 aromatic carbocycles. The second-order valence-corrected chi connectivity index (χ2v) is 33.9. The Bertz CT molecular complexity index is 3010. The molecule has 11 fully saturated rings. The zero-order chi connectivity index (χ0) is 77.3. The van der Waals surface area contributed by atoms with E-state index in [4.69, 9.17) is 66.3 Å². The minimum Gasteiger partial charge on any atom is -0.432 e. The molecule has 7 heterocycles. The maximum absolute atomic E-state index is 15.8. The number of rotatable bonds is 18. The van der Waals surface area contributed by atoms with Gasteiger partial charge in [0.1, 0.15) is 146 Å². The van der Waals surface area contributed by atoms with E-state index in [9.17, 15) is 107 Å². The molecule has 610 valence electrons. The number of carbonyl (C=O) groups is 1. The molecule has 106 heavy (non-hydrogen) atoms. The second kappa shape index (κ2) is 31.6. The highest BCUT2D eigenvalue weighted by Crippen LogP contribution is 2.76. The number of hydrogen-bond donors (Lipinski definition) is 21. The standard InChI is InChI=1S/C70H114O36/c1-25-38(77)53(102-58-50(89)45(84)41(80)30(19-71)97-58)52(91)60(96-25)105-56-47(86)43(82)32(21-73)99-63(56)106-64(92)70-16-15-68(7)26(27(70)17-65(2,3)36(76)18-70)9-10-35-67(6)13-12-37(66(4,5)34(67)11-14-69(35,68)8)101-62-55(104-59-51(90)46(85)42(81)31(20-72)98-59)48(87)44(83)33(100-62)24-95-61-54(40(79)29(75)23-94-61)103-57-49(88)39(78)28(74)22-93-57/h9,25,27-63,71-91H,10-24H2,1-8H3. The predicted octanol–water partition coefficient (Wildman–Crippen LogP) is -7.29. The van der Waals surface area contributed by atoms with Crippen LogP contribution in [-0.4, -0.2) is 368 Å². The van der Waals surface area contributed by atoms with Crippen LogP contribution in [0.3, 0.4) is 0 Å². The molecular formula is C70H114O36. The van der Waals surface area contributed by atoms with E-state index >= 15 is 4.79 Å². The third kappa shape index (κ3) is 14.4. The van der Waals surface area contributed by atoms with Gasteiger partial charge in [0.25, 0.3) is 0 Å². The first-order valence-corrected chi connectivity index (χ1v) is 37.1. The number of aliphatic hydroxyl groups excluding tert-OH is 21. The van der Waals surface area contributed by atoms with E-state index in [1.807, 2.05) is 13.8 Å². The molecule has 7 saturated heterocycles. The van der Waals surface area contributed by atoms with Gasteiger partial charge in [0, 0.05) is 0 Å². The SMILES string of the molecule is CC1OC(OC2C(OC(=O)C34CCC5(C)C(=CCC6C7(C)CCC(OC8OC(COC9OCC(O)C(O)C9OC9OCC(O)C(O)C9O)C(O)C(O)C8OC8OC(CO)C(O)C(O)C8O)C(C)(C)C7CCC65C)C3CC(C)(C)C(O)C4)OC(CO)C(O)C2O)C(O)C(OC2OC(CO)C(O)C(O)C2O)C1O. The van der Waals surface area contributed by atoms with Crippen LogP contribution >= 0.6 is 0 Å². The minimum atomic E-state index is -2.03. The van der Waals surface area contributed by atoms with Gasteiger partial charge in [0.2, 0.25) is 6.29 Å². The lowest BCUT2D eigenvalue weighted by atomic mass is 9.33. The molecule has 0 aromatic heterocycles. The third-order valence-electron chi connectivity index (χ3n) is 27.1. The summed E-state index contributed by atoms with van der Waals surface area (Å²) in [5.74, 6) is -1.49. The smallest absolute Gasteiger partial charge is 0.315 e. The molecule has 42 atom stereocenters. The monoisotopic (exact) mass is 1530 g/mol. The van der Waals surface area contributed by atoms with E-state index < -0.39 is 299 Å². The summed E-state index contributed by atoms with van der Waals surface area (Å²) in [4.78, 5) is 15.8. The average molecular weight is 1530 g/mol. The lowest BCUT2D eigenvalue weighted by molar-refractivity contribution is -0.384. The predicted molar refractivity (Wildman–Crippen MR) is 349 cm³/mol. The van der Waals surface area contributed by atoms with Crippen LogP contribution < -0.4 is 0 Å². The molecule has 5 aliphatic carbocycles. The molecule has 0 aromatic rings. The van der Waals surface area contributed by atoms with Crippen LogP contribution in [0.2, 0.25) is 0 Å². The summed E-state index contributed by atoms with van der Waals surface area (Å²) in [5, 5.41) is 230. The average Bonchev–Trinajstić information content (AvgIpc) is 0.673. The van der Waals surface area contributed by atoms with Crippen molar-refractivity contribution in [3.63, 3.8) is 0 Å². The van der Waals surface area contributed by atoms with E-state index in [1.165, 1.54) is 6.92 Å². The Morgan fingerprint density at radius 3 is 1.54 bits per heavy atom. The van der Waals surface area contributed by atoms with Crippen molar-refractivity contribution < 1.29 is 178 Å². The highest BCUT2D eigenvalue weighted by atomic mass is 16.8. The van der Waals surface area contributed by atoms with Crippen molar-refractivity contribution in [1.82, 2.24) is 0 Å². The van der Waals surface area contributed by atoms with Gasteiger partial charge in [0.05, 0.1) is 63.4 Å². The third-order valence-corrected chi connectivity index (χ3v) is 27.1. The Kier molecular flexibility index (Phi) is 24.8. The van der Waals surface area contributed by atoms with Gasteiger partial charge in [-0.05, 0) is 110 Å². The molecule has 42 unspecified atom stereocenters. The molecule has 36 nitrogen and oxygen atoms in total.